The number of para-hydroxylation sites is 1. The van der Waals surface area contributed by atoms with Gasteiger partial charge >= 0.3 is 51.4 Å². The molecule has 0 saturated carbocycles. The number of fused-ring (bicyclic) bond motifs is 2. The number of aryl methyl sites for hydroxylation is 1. The number of carboxylic acids is 1. The first kappa shape index (κ1) is 22.1. The third-order valence-electron chi connectivity index (χ3n) is 4.81. The zero-order valence-corrected chi connectivity index (χ0v) is 21.4. The van der Waals surface area contributed by atoms with Gasteiger partial charge in [-0.3, -0.25) is 0 Å². The van der Waals surface area contributed by atoms with Gasteiger partial charge in [0.05, 0.1) is 11.0 Å². The van der Waals surface area contributed by atoms with Gasteiger partial charge in [-0.2, -0.15) is 0 Å². The molecule has 3 aromatic carbocycles. The Hall–Kier alpha value is -0.604. The maximum Gasteiger partial charge on any atom is 1.00 e. The molecule has 28 heavy (non-hydrogen) atoms. The Labute approximate surface area is 219 Å². The van der Waals surface area contributed by atoms with E-state index in [0.29, 0.717) is 0 Å². The second kappa shape index (κ2) is 9.04. The number of nitrogens with zero attached hydrogens (tertiary/aromatic N) is 1. The predicted octanol–water partition coefficient (Wildman–Crippen LogP) is 2.00. The van der Waals surface area contributed by atoms with Crippen LogP contribution in [0.4, 0.5) is 0 Å². The Kier molecular flexibility index (Phi) is 7.13. The van der Waals surface area contributed by atoms with Crippen LogP contribution in [-0.2, 0) is 11.8 Å². The summed E-state index contributed by atoms with van der Waals surface area (Å²) in [5, 5.41) is 15.0. The van der Waals surface area contributed by atoms with Gasteiger partial charge in [-0.1, -0.05) is 76.2 Å². The Morgan fingerprint density at radius 2 is 1.61 bits per heavy atom. The summed E-state index contributed by atoms with van der Waals surface area (Å²) >= 11 is 4.97. The van der Waals surface area contributed by atoms with E-state index in [2.05, 4.69) is 56.9 Å². The number of aromatic nitrogens is 1. The maximum absolute atomic E-state index is 11.4. The number of aliphatic carboxylic acids is 1. The Morgan fingerprint density at radius 3 is 2.29 bits per heavy atom. The zero-order valence-electron chi connectivity index (χ0n) is 15.9. The molecule has 1 aromatic heterocycles. The van der Waals surface area contributed by atoms with Crippen LogP contribution in [0.25, 0.3) is 32.8 Å². The number of carboxylic acid groups (broad SMARTS) is 1. The molecule has 0 bridgehead atoms. The van der Waals surface area contributed by atoms with Crippen LogP contribution in [-0.4, -0.2) is 15.8 Å². The van der Waals surface area contributed by atoms with Crippen molar-refractivity contribution in [3.63, 3.8) is 0 Å². The van der Waals surface area contributed by atoms with Gasteiger partial charge in [-0.05, 0) is 35.4 Å². The molecule has 3 nitrogen and oxygen atoms in total. The predicted molar refractivity (Wildman–Crippen MR) is 114 cm³/mol. The third-order valence-corrected chi connectivity index (χ3v) is 6.75. The molecule has 136 valence electrons. The number of benzene rings is 3. The van der Waals surface area contributed by atoms with Crippen LogP contribution in [0, 0.1) is 0 Å². The number of rotatable bonds is 4. The molecule has 1 atom stereocenters. The second-order valence-corrected chi connectivity index (χ2v) is 8.66. The van der Waals surface area contributed by atoms with Crippen LogP contribution < -0.4 is 56.5 Å². The van der Waals surface area contributed by atoms with E-state index in [1.54, 1.807) is 6.92 Å². The summed E-state index contributed by atoms with van der Waals surface area (Å²) in [4.78, 5) is 11.4. The molecule has 1 heterocycles. The van der Waals surface area contributed by atoms with Crippen molar-refractivity contribution in [3.05, 3.63) is 65.1 Å². The number of hydrogen-bond donors (Lipinski definition) is 0. The first-order valence-corrected chi connectivity index (χ1v) is 10.3. The van der Waals surface area contributed by atoms with Gasteiger partial charge in [0.15, 0.2) is 0 Å². The Bertz CT molecular complexity index is 1190. The van der Waals surface area contributed by atoms with Gasteiger partial charge in [0.2, 0.25) is 0 Å². The number of halogens is 1. The molecule has 1 unspecified atom stereocenters. The van der Waals surface area contributed by atoms with E-state index < -0.39 is 11.2 Å². The van der Waals surface area contributed by atoms with Crippen molar-refractivity contribution in [1.82, 2.24) is 4.57 Å². The van der Waals surface area contributed by atoms with Crippen molar-refractivity contribution < 1.29 is 61.3 Å². The third kappa shape index (κ3) is 3.88. The second-order valence-electron chi connectivity index (χ2n) is 6.48. The van der Waals surface area contributed by atoms with E-state index in [9.17, 15) is 9.90 Å². The van der Waals surface area contributed by atoms with E-state index >= 15 is 0 Å². The molecule has 0 N–H and O–H groups in total. The summed E-state index contributed by atoms with van der Waals surface area (Å²) in [5.41, 5.74) is 3.24. The molecule has 4 aromatic rings. The minimum Gasteiger partial charge on any atom is -0.549 e. The quantitative estimate of drug-likeness (QED) is 0.333. The average molecular weight is 478 g/mol. The summed E-state index contributed by atoms with van der Waals surface area (Å²) in [7, 11) is 1.98. The first-order valence-electron chi connectivity index (χ1n) is 8.61. The summed E-state index contributed by atoms with van der Waals surface area (Å²) in [5.74, 6) is -1.06. The number of hydrogen-bond acceptors (Lipinski definition) is 3. The fraction of sp³-hybridized carbons (Fsp3) is 0.136. The molecular formula is C22H17BrKNO2S. The number of carbonyl (C=O) groups excluding carboxylic acids is 1. The van der Waals surface area contributed by atoms with E-state index in [1.807, 2.05) is 31.3 Å². The fourth-order valence-corrected chi connectivity index (χ4v) is 4.97. The van der Waals surface area contributed by atoms with Gasteiger partial charge in [0.25, 0.3) is 0 Å². The smallest absolute Gasteiger partial charge is 0.549 e. The molecule has 0 aliphatic rings. The molecule has 0 aliphatic heterocycles. The van der Waals surface area contributed by atoms with Crippen molar-refractivity contribution >= 4 is 55.3 Å². The maximum atomic E-state index is 11.4. The molecule has 0 spiro atoms. The van der Waals surface area contributed by atoms with E-state index in [4.69, 9.17) is 0 Å². The van der Waals surface area contributed by atoms with Crippen molar-refractivity contribution in [2.75, 3.05) is 0 Å². The monoisotopic (exact) mass is 477 g/mol. The average Bonchev–Trinajstić information content (AvgIpc) is 2.95. The number of carbonyl (C=O) groups is 1. The topological polar surface area (TPSA) is 45.1 Å². The minimum absolute atomic E-state index is 0. The van der Waals surface area contributed by atoms with E-state index in [1.165, 1.54) is 11.8 Å². The molecule has 0 fully saturated rings. The van der Waals surface area contributed by atoms with Crippen LogP contribution in [0.15, 0.2) is 70.2 Å². The van der Waals surface area contributed by atoms with Gasteiger partial charge < -0.3 is 14.5 Å². The minimum atomic E-state index is -1.06. The van der Waals surface area contributed by atoms with Crippen LogP contribution in [0.3, 0.4) is 0 Å². The van der Waals surface area contributed by atoms with Crippen LogP contribution >= 0.6 is 27.7 Å². The van der Waals surface area contributed by atoms with Crippen molar-refractivity contribution in [2.45, 2.75) is 17.2 Å². The molecule has 6 heteroatoms. The summed E-state index contributed by atoms with van der Waals surface area (Å²) in [6, 6.07) is 20.6. The first-order chi connectivity index (χ1) is 13.0. The van der Waals surface area contributed by atoms with Crippen LogP contribution in [0.1, 0.15) is 6.92 Å². The van der Waals surface area contributed by atoms with E-state index in [0.717, 1.165) is 42.3 Å². The summed E-state index contributed by atoms with van der Waals surface area (Å²) in [6.07, 6.45) is 0. The molecule has 0 amide bonds. The largest absolute Gasteiger partial charge is 1.00 e. The van der Waals surface area contributed by atoms with Crippen molar-refractivity contribution in [3.8, 4) is 11.1 Å². The van der Waals surface area contributed by atoms with Gasteiger partial charge in [0.1, 0.15) is 0 Å². The Balaban J connectivity index is 0.00000225. The van der Waals surface area contributed by atoms with Crippen molar-refractivity contribution in [1.29, 1.82) is 0 Å². The normalized spacial score (nSPS) is 12.1. The Morgan fingerprint density at radius 1 is 1.00 bits per heavy atom. The van der Waals surface area contributed by atoms with E-state index in [-0.39, 0.29) is 51.4 Å². The summed E-state index contributed by atoms with van der Waals surface area (Å²) < 4.78 is 3.12. The molecule has 0 radical (unpaired) electrons. The van der Waals surface area contributed by atoms with Gasteiger partial charge in [-0.15, -0.1) is 0 Å². The SMILES string of the molecule is CC(Sc1c(-c2ccc(Br)c3ccccc23)c2ccccc2n1C)C(=O)[O-].[K+]. The summed E-state index contributed by atoms with van der Waals surface area (Å²) in [6.45, 7) is 1.67. The standard InChI is InChI=1S/C22H18BrNO2S.K/c1-13(22(25)26)27-21-20(17-9-5-6-10-19(17)24(21)2)16-11-12-18(23)15-8-4-3-7-14(15)16;/h3-13H,1-2H3,(H,25,26);/q;+1/p-1. The molecule has 0 saturated heterocycles. The zero-order chi connectivity index (χ0) is 19.1. The van der Waals surface area contributed by atoms with Crippen molar-refractivity contribution in [2.24, 2.45) is 7.05 Å². The van der Waals surface area contributed by atoms with Crippen LogP contribution in [0.2, 0.25) is 0 Å². The van der Waals surface area contributed by atoms with Gasteiger partial charge in [-0.25, -0.2) is 0 Å². The van der Waals surface area contributed by atoms with Gasteiger partial charge in [0, 0.05) is 33.2 Å². The number of thioether (sulfide) groups is 1. The van der Waals surface area contributed by atoms with Crippen LogP contribution in [0.5, 0.6) is 0 Å². The molecular weight excluding hydrogens is 461 g/mol. The molecule has 4 rings (SSSR count). The molecule has 0 aliphatic carbocycles. The fourth-order valence-electron chi connectivity index (χ4n) is 3.46.